The van der Waals surface area contributed by atoms with Gasteiger partial charge in [0.1, 0.15) is 17.5 Å². The SMILES string of the molecule is CCc1cc2ncc(CN3C[C@H](Oc4ccc(C(=O)NC)nc4)C[C@H]3C)cc2[nH]c1=O. The number of carbonyl (C=O) groups excluding carboxylic acids is 1. The van der Waals surface area contributed by atoms with E-state index in [0.29, 0.717) is 23.9 Å². The van der Waals surface area contributed by atoms with Crippen molar-refractivity contribution in [3.63, 3.8) is 0 Å². The van der Waals surface area contributed by atoms with Crippen molar-refractivity contribution in [1.29, 1.82) is 0 Å². The molecule has 0 radical (unpaired) electrons. The number of nitrogens with zero attached hydrogens (tertiary/aromatic N) is 3. The van der Waals surface area contributed by atoms with Crippen molar-refractivity contribution < 1.29 is 9.53 Å². The Morgan fingerprint density at radius 1 is 1.29 bits per heavy atom. The van der Waals surface area contributed by atoms with Gasteiger partial charge in [0.25, 0.3) is 11.5 Å². The Kier molecular flexibility index (Phi) is 5.99. The average molecular weight is 422 g/mol. The molecule has 4 rings (SSSR count). The van der Waals surface area contributed by atoms with Crippen molar-refractivity contribution in [3.8, 4) is 5.75 Å². The molecule has 8 heteroatoms. The zero-order chi connectivity index (χ0) is 22.0. The van der Waals surface area contributed by atoms with E-state index in [9.17, 15) is 9.59 Å². The lowest BCUT2D eigenvalue weighted by Crippen LogP contribution is -2.28. The standard InChI is InChI=1S/C23H27N5O3/c1-4-16-9-20-21(27-22(16)29)8-15(10-25-20)12-28-13-18(7-14(28)2)31-17-5-6-19(26-11-17)23(30)24-3/h5-6,8-11,14,18H,4,7,12-13H2,1-3H3,(H,24,30)(H,27,29)/t14-,18-/m1/s1. The third-order valence-corrected chi connectivity index (χ3v) is 5.76. The monoisotopic (exact) mass is 421 g/mol. The van der Waals surface area contributed by atoms with Crippen molar-refractivity contribution in [2.24, 2.45) is 0 Å². The Bertz CT molecular complexity index is 1140. The summed E-state index contributed by atoms with van der Waals surface area (Å²) < 4.78 is 6.09. The van der Waals surface area contributed by atoms with Crippen LogP contribution >= 0.6 is 0 Å². The summed E-state index contributed by atoms with van der Waals surface area (Å²) in [6.45, 7) is 5.65. The van der Waals surface area contributed by atoms with Crippen LogP contribution in [0.2, 0.25) is 0 Å². The summed E-state index contributed by atoms with van der Waals surface area (Å²) in [4.78, 5) is 37.7. The number of H-pyrrole nitrogens is 1. The topological polar surface area (TPSA) is 100 Å². The lowest BCUT2D eigenvalue weighted by atomic mass is 10.1. The summed E-state index contributed by atoms with van der Waals surface area (Å²) >= 11 is 0. The van der Waals surface area contributed by atoms with E-state index < -0.39 is 0 Å². The summed E-state index contributed by atoms with van der Waals surface area (Å²) in [5.74, 6) is 0.437. The van der Waals surface area contributed by atoms with Gasteiger partial charge in [0, 0.05) is 44.4 Å². The molecular weight excluding hydrogens is 394 g/mol. The molecular formula is C23H27N5O3. The van der Waals surface area contributed by atoms with Crippen LogP contribution in [-0.4, -0.2) is 51.5 Å². The molecule has 0 spiro atoms. The first-order valence-electron chi connectivity index (χ1n) is 10.6. The zero-order valence-electron chi connectivity index (χ0n) is 18.0. The van der Waals surface area contributed by atoms with Gasteiger partial charge in [-0.1, -0.05) is 6.92 Å². The van der Waals surface area contributed by atoms with Crippen LogP contribution in [0.3, 0.4) is 0 Å². The fourth-order valence-corrected chi connectivity index (χ4v) is 4.01. The maximum Gasteiger partial charge on any atom is 0.269 e. The third-order valence-electron chi connectivity index (χ3n) is 5.76. The van der Waals surface area contributed by atoms with Crippen molar-refractivity contribution in [3.05, 3.63) is 63.8 Å². The van der Waals surface area contributed by atoms with Gasteiger partial charge in [0.05, 0.1) is 17.2 Å². The summed E-state index contributed by atoms with van der Waals surface area (Å²) in [6.07, 6.45) is 5.09. The maximum atomic E-state index is 12.1. The first-order valence-corrected chi connectivity index (χ1v) is 10.6. The number of rotatable bonds is 6. The van der Waals surface area contributed by atoms with Crippen molar-refractivity contribution in [2.75, 3.05) is 13.6 Å². The van der Waals surface area contributed by atoms with Gasteiger partial charge in [-0.25, -0.2) is 4.98 Å². The predicted molar refractivity (Wildman–Crippen MR) is 118 cm³/mol. The number of likely N-dealkylation sites (tertiary alicyclic amines) is 1. The van der Waals surface area contributed by atoms with Crippen molar-refractivity contribution >= 4 is 16.9 Å². The Morgan fingerprint density at radius 2 is 2.13 bits per heavy atom. The fourth-order valence-electron chi connectivity index (χ4n) is 4.01. The molecule has 0 saturated carbocycles. The minimum Gasteiger partial charge on any atom is -0.487 e. The Hall–Kier alpha value is -3.26. The van der Waals surface area contributed by atoms with Crippen LogP contribution in [0.25, 0.3) is 11.0 Å². The molecule has 2 atom stereocenters. The Labute approximate surface area is 180 Å². The average Bonchev–Trinajstić information content (AvgIpc) is 3.11. The summed E-state index contributed by atoms with van der Waals surface area (Å²) in [7, 11) is 1.58. The summed E-state index contributed by atoms with van der Waals surface area (Å²) in [5, 5.41) is 2.55. The van der Waals surface area contributed by atoms with Gasteiger partial charge in [-0.15, -0.1) is 0 Å². The van der Waals surface area contributed by atoms with Gasteiger partial charge < -0.3 is 15.0 Å². The molecule has 162 valence electrons. The van der Waals surface area contributed by atoms with E-state index >= 15 is 0 Å². The number of aryl methyl sites for hydroxylation is 1. The minimum atomic E-state index is -0.219. The van der Waals surface area contributed by atoms with E-state index in [2.05, 4.69) is 32.1 Å². The summed E-state index contributed by atoms with van der Waals surface area (Å²) in [5.41, 5.74) is 3.69. The normalized spacial score (nSPS) is 18.9. The number of pyridine rings is 3. The molecule has 4 heterocycles. The number of aromatic amines is 1. The molecule has 1 amide bonds. The number of carbonyl (C=O) groups is 1. The van der Waals surface area contributed by atoms with Crippen LogP contribution in [0.1, 0.15) is 41.9 Å². The van der Waals surface area contributed by atoms with E-state index in [1.165, 1.54) is 0 Å². The van der Waals surface area contributed by atoms with Gasteiger partial charge in [-0.05, 0) is 43.2 Å². The van der Waals surface area contributed by atoms with Gasteiger partial charge in [0.15, 0.2) is 0 Å². The quantitative estimate of drug-likeness (QED) is 0.633. The Morgan fingerprint density at radius 3 is 2.84 bits per heavy atom. The van der Waals surface area contributed by atoms with E-state index in [4.69, 9.17) is 4.74 Å². The molecule has 0 aliphatic carbocycles. The van der Waals surface area contributed by atoms with Crippen LogP contribution in [0, 0.1) is 0 Å². The van der Waals surface area contributed by atoms with Gasteiger partial charge >= 0.3 is 0 Å². The number of fused-ring (bicyclic) bond motifs is 1. The van der Waals surface area contributed by atoms with E-state index in [-0.39, 0.29) is 17.6 Å². The van der Waals surface area contributed by atoms with Crippen LogP contribution < -0.4 is 15.6 Å². The van der Waals surface area contributed by atoms with Crippen molar-refractivity contribution in [1.82, 2.24) is 25.2 Å². The first kappa shape index (κ1) is 21.0. The van der Waals surface area contributed by atoms with E-state index in [1.807, 2.05) is 25.3 Å². The first-order chi connectivity index (χ1) is 15.0. The highest BCUT2D eigenvalue weighted by Crippen LogP contribution is 2.25. The molecule has 0 bridgehead atoms. The molecule has 2 N–H and O–H groups in total. The molecule has 3 aromatic rings. The smallest absolute Gasteiger partial charge is 0.269 e. The van der Waals surface area contributed by atoms with E-state index in [0.717, 1.165) is 41.7 Å². The highest BCUT2D eigenvalue weighted by atomic mass is 16.5. The highest BCUT2D eigenvalue weighted by Gasteiger charge is 2.30. The number of nitrogens with one attached hydrogen (secondary N) is 2. The lowest BCUT2D eigenvalue weighted by molar-refractivity contribution is 0.0958. The number of hydrogen-bond donors (Lipinski definition) is 2. The second-order valence-corrected chi connectivity index (χ2v) is 7.97. The largest absolute Gasteiger partial charge is 0.487 e. The molecule has 31 heavy (non-hydrogen) atoms. The third kappa shape index (κ3) is 4.59. The van der Waals surface area contributed by atoms with Crippen LogP contribution in [-0.2, 0) is 13.0 Å². The van der Waals surface area contributed by atoms with Crippen LogP contribution in [0.5, 0.6) is 5.75 Å². The number of hydrogen-bond acceptors (Lipinski definition) is 6. The molecule has 1 saturated heterocycles. The molecule has 3 aromatic heterocycles. The lowest BCUT2D eigenvalue weighted by Gasteiger charge is -2.20. The molecule has 8 nitrogen and oxygen atoms in total. The second-order valence-electron chi connectivity index (χ2n) is 7.97. The highest BCUT2D eigenvalue weighted by molar-refractivity contribution is 5.91. The van der Waals surface area contributed by atoms with Crippen LogP contribution in [0.15, 0.2) is 41.5 Å². The fraction of sp³-hybridized carbons (Fsp3) is 0.391. The van der Waals surface area contributed by atoms with Crippen LogP contribution in [0.4, 0.5) is 0 Å². The molecule has 1 aliphatic heterocycles. The van der Waals surface area contributed by atoms with Gasteiger partial charge in [0.2, 0.25) is 0 Å². The maximum absolute atomic E-state index is 12.1. The number of ether oxygens (including phenoxy) is 1. The molecule has 1 fully saturated rings. The van der Waals surface area contributed by atoms with Gasteiger partial charge in [-0.3, -0.25) is 19.5 Å². The number of aromatic nitrogens is 3. The second kappa shape index (κ2) is 8.85. The minimum absolute atomic E-state index is 0.0444. The molecule has 1 aliphatic rings. The van der Waals surface area contributed by atoms with Gasteiger partial charge in [-0.2, -0.15) is 0 Å². The van der Waals surface area contributed by atoms with Crippen molar-refractivity contribution in [2.45, 2.75) is 45.4 Å². The Balaban J connectivity index is 1.42. The summed E-state index contributed by atoms with van der Waals surface area (Å²) in [6, 6.07) is 7.66. The molecule has 0 aromatic carbocycles. The van der Waals surface area contributed by atoms with E-state index in [1.54, 1.807) is 25.4 Å². The predicted octanol–water partition coefficient (Wildman–Crippen LogP) is 2.28. The number of amides is 1. The zero-order valence-corrected chi connectivity index (χ0v) is 18.0. The molecule has 0 unspecified atom stereocenters.